The van der Waals surface area contributed by atoms with Crippen molar-refractivity contribution in [2.75, 3.05) is 23.0 Å². The first-order valence-electron chi connectivity index (χ1n) is 8.57. The van der Waals surface area contributed by atoms with Crippen LogP contribution in [0.4, 0.5) is 25.8 Å². The molecule has 0 aromatic heterocycles. The zero-order valence-corrected chi connectivity index (χ0v) is 17.1. The Kier molecular flexibility index (Phi) is 6.92. The topological polar surface area (TPSA) is 119 Å². The molecule has 2 aromatic rings. The molecule has 2 aromatic carbocycles. The van der Waals surface area contributed by atoms with E-state index in [0.29, 0.717) is 10.4 Å². The predicted molar refractivity (Wildman–Crippen MR) is 106 cm³/mol. The number of hydrogen-bond acceptors (Lipinski definition) is 6. The average Bonchev–Trinajstić information content (AvgIpc) is 2.66. The summed E-state index contributed by atoms with van der Waals surface area (Å²) in [6.45, 7) is 1.51. The number of amides is 1. The Morgan fingerprint density at radius 2 is 1.93 bits per heavy atom. The van der Waals surface area contributed by atoms with Gasteiger partial charge < -0.3 is 10.1 Å². The van der Waals surface area contributed by atoms with Gasteiger partial charge in [-0.05, 0) is 24.6 Å². The number of anilines is 2. The van der Waals surface area contributed by atoms with E-state index in [2.05, 4.69) is 5.32 Å². The van der Waals surface area contributed by atoms with Crippen molar-refractivity contribution in [3.63, 3.8) is 0 Å². The third-order valence-electron chi connectivity index (χ3n) is 4.13. The Balaban J connectivity index is 2.55. The molecular weight excluding hydrogens is 424 g/mol. The summed E-state index contributed by atoms with van der Waals surface area (Å²) in [5.74, 6) is -2.83. The Bertz CT molecular complexity index is 1080. The largest absolute Gasteiger partial charge is 0.495 e. The summed E-state index contributed by atoms with van der Waals surface area (Å²) in [5.41, 5.74) is -0.991. The van der Waals surface area contributed by atoms with Crippen molar-refractivity contribution >= 4 is 33.0 Å². The van der Waals surface area contributed by atoms with Gasteiger partial charge in [0.25, 0.3) is 5.69 Å². The van der Waals surface area contributed by atoms with Crippen LogP contribution in [-0.2, 0) is 14.8 Å². The number of nitro groups is 1. The molecule has 12 heteroatoms. The lowest BCUT2D eigenvalue weighted by atomic mass is 10.1. The number of methoxy groups -OCH3 is 1. The van der Waals surface area contributed by atoms with E-state index in [4.69, 9.17) is 4.74 Å². The molecule has 0 aliphatic rings. The van der Waals surface area contributed by atoms with E-state index in [1.807, 2.05) is 0 Å². The van der Waals surface area contributed by atoms with Gasteiger partial charge in [-0.3, -0.25) is 19.2 Å². The minimum absolute atomic E-state index is 0.0229. The SMILES string of the molecule is CC[C@H](C(=O)Nc1ccc(F)cc1F)N(c1cc([N+](=O)[O-])ccc1OC)S(C)(=O)=O. The second-order valence-corrected chi connectivity index (χ2v) is 8.07. The third kappa shape index (κ3) is 5.00. The minimum atomic E-state index is -4.14. The third-order valence-corrected chi connectivity index (χ3v) is 5.30. The summed E-state index contributed by atoms with van der Waals surface area (Å²) in [6, 6.07) is 4.38. The maximum Gasteiger partial charge on any atom is 0.271 e. The van der Waals surface area contributed by atoms with Gasteiger partial charge >= 0.3 is 0 Å². The zero-order valence-electron chi connectivity index (χ0n) is 16.3. The lowest BCUT2D eigenvalue weighted by Crippen LogP contribution is -2.47. The summed E-state index contributed by atoms with van der Waals surface area (Å²) >= 11 is 0. The van der Waals surface area contributed by atoms with Crippen molar-refractivity contribution in [1.82, 2.24) is 0 Å². The summed E-state index contributed by atoms with van der Waals surface area (Å²) < 4.78 is 57.9. The molecule has 2 rings (SSSR count). The molecule has 0 saturated heterocycles. The lowest BCUT2D eigenvalue weighted by Gasteiger charge is -2.31. The molecule has 0 saturated carbocycles. The van der Waals surface area contributed by atoms with E-state index in [0.717, 1.165) is 30.5 Å². The fourth-order valence-corrected chi connectivity index (χ4v) is 4.01. The summed E-state index contributed by atoms with van der Waals surface area (Å²) in [7, 11) is -2.91. The maximum atomic E-state index is 13.9. The predicted octanol–water partition coefficient (Wildman–Crippen LogP) is 3.06. The van der Waals surface area contributed by atoms with Crippen molar-refractivity contribution in [1.29, 1.82) is 0 Å². The molecule has 30 heavy (non-hydrogen) atoms. The van der Waals surface area contributed by atoms with Crippen LogP contribution in [0, 0.1) is 21.7 Å². The van der Waals surface area contributed by atoms with E-state index in [1.165, 1.54) is 20.1 Å². The summed E-state index contributed by atoms with van der Waals surface area (Å²) in [6.07, 6.45) is 0.757. The number of hydrogen-bond donors (Lipinski definition) is 1. The number of carbonyl (C=O) groups excluding carboxylic acids is 1. The molecule has 0 spiro atoms. The monoisotopic (exact) mass is 443 g/mol. The first kappa shape index (κ1) is 23.0. The molecular formula is C18H19F2N3O6S. The number of nitrogens with one attached hydrogen (secondary N) is 1. The number of rotatable bonds is 8. The standard InChI is InChI=1S/C18H19F2N3O6S/c1-4-15(18(24)21-14-7-5-11(19)9-13(14)20)22(30(3,27)28)16-10-12(23(25)26)6-8-17(16)29-2/h5-10,15H,4H2,1-3H3,(H,21,24)/t15-/m1/s1. The Morgan fingerprint density at radius 1 is 1.27 bits per heavy atom. The van der Waals surface area contributed by atoms with Gasteiger partial charge in [-0.1, -0.05) is 6.92 Å². The molecule has 9 nitrogen and oxygen atoms in total. The molecule has 0 heterocycles. The van der Waals surface area contributed by atoms with Crippen LogP contribution < -0.4 is 14.4 Å². The second-order valence-electron chi connectivity index (χ2n) is 6.21. The number of nitro benzene ring substituents is 1. The number of non-ortho nitro benzene ring substituents is 1. The van der Waals surface area contributed by atoms with Crippen molar-refractivity contribution in [2.24, 2.45) is 0 Å². The van der Waals surface area contributed by atoms with Crippen LogP contribution in [0.5, 0.6) is 5.75 Å². The fourth-order valence-electron chi connectivity index (χ4n) is 2.81. The van der Waals surface area contributed by atoms with E-state index >= 15 is 0 Å². The normalized spacial score (nSPS) is 12.2. The van der Waals surface area contributed by atoms with Crippen LogP contribution in [0.3, 0.4) is 0 Å². The Hall–Kier alpha value is -3.28. The molecule has 0 bridgehead atoms. The van der Waals surface area contributed by atoms with Crippen LogP contribution >= 0.6 is 0 Å². The molecule has 162 valence electrons. The van der Waals surface area contributed by atoms with Gasteiger partial charge in [0.05, 0.1) is 24.0 Å². The molecule has 0 radical (unpaired) electrons. The van der Waals surface area contributed by atoms with E-state index in [9.17, 15) is 32.1 Å². The summed E-state index contributed by atoms with van der Waals surface area (Å²) in [5, 5.41) is 13.4. The number of ether oxygens (including phenoxy) is 1. The Morgan fingerprint density at radius 3 is 2.43 bits per heavy atom. The number of nitrogens with zero attached hydrogens (tertiary/aromatic N) is 2. The zero-order chi connectivity index (χ0) is 22.6. The number of halogens is 2. The van der Waals surface area contributed by atoms with Crippen molar-refractivity contribution in [3.8, 4) is 5.75 Å². The molecule has 0 unspecified atom stereocenters. The van der Waals surface area contributed by atoms with Gasteiger partial charge in [-0.25, -0.2) is 17.2 Å². The average molecular weight is 443 g/mol. The molecule has 1 N–H and O–H groups in total. The van der Waals surface area contributed by atoms with Crippen LogP contribution in [0.2, 0.25) is 0 Å². The van der Waals surface area contributed by atoms with E-state index in [-0.39, 0.29) is 23.5 Å². The van der Waals surface area contributed by atoms with Gasteiger partial charge in [0, 0.05) is 18.2 Å². The van der Waals surface area contributed by atoms with E-state index < -0.39 is 44.2 Å². The van der Waals surface area contributed by atoms with Gasteiger partial charge in [0.2, 0.25) is 15.9 Å². The van der Waals surface area contributed by atoms with Gasteiger partial charge in [-0.15, -0.1) is 0 Å². The molecule has 0 aliphatic heterocycles. The van der Waals surface area contributed by atoms with Crippen molar-refractivity contribution in [3.05, 3.63) is 58.1 Å². The number of carbonyl (C=O) groups is 1. The van der Waals surface area contributed by atoms with Crippen molar-refractivity contribution < 1.29 is 31.7 Å². The quantitative estimate of drug-likeness (QED) is 0.495. The van der Waals surface area contributed by atoms with E-state index in [1.54, 1.807) is 0 Å². The lowest BCUT2D eigenvalue weighted by molar-refractivity contribution is -0.384. The highest BCUT2D eigenvalue weighted by molar-refractivity contribution is 7.92. The second kappa shape index (κ2) is 9.03. The number of benzene rings is 2. The van der Waals surface area contributed by atoms with Crippen LogP contribution in [-0.4, -0.2) is 38.7 Å². The minimum Gasteiger partial charge on any atom is -0.495 e. The highest BCUT2D eigenvalue weighted by atomic mass is 32.2. The highest BCUT2D eigenvalue weighted by Gasteiger charge is 2.34. The molecule has 1 amide bonds. The number of sulfonamides is 1. The first-order valence-corrected chi connectivity index (χ1v) is 10.4. The van der Waals surface area contributed by atoms with Crippen LogP contribution in [0.15, 0.2) is 36.4 Å². The molecule has 0 aliphatic carbocycles. The Labute approximate surface area is 171 Å². The maximum absolute atomic E-state index is 13.9. The van der Waals surface area contributed by atoms with Gasteiger partial charge in [-0.2, -0.15) is 0 Å². The molecule has 1 atom stereocenters. The van der Waals surface area contributed by atoms with Gasteiger partial charge in [0.1, 0.15) is 29.1 Å². The van der Waals surface area contributed by atoms with Gasteiger partial charge in [0.15, 0.2) is 0 Å². The summed E-state index contributed by atoms with van der Waals surface area (Å²) in [4.78, 5) is 23.2. The van der Waals surface area contributed by atoms with Crippen molar-refractivity contribution in [2.45, 2.75) is 19.4 Å². The fraction of sp³-hybridized carbons (Fsp3) is 0.278. The smallest absolute Gasteiger partial charge is 0.271 e. The van der Waals surface area contributed by atoms with Crippen LogP contribution in [0.1, 0.15) is 13.3 Å². The van der Waals surface area contributed by atoms with Crippen LogP contribution in [0.25, 0.3) is 0 Å². The molecule has 0 fully saturated rings. The first-order chi connectivity index (χ1) is 14.0. The highest BCUT2D eigenvalue weighted by Crippen LogP contribution is 2.36.